The molecule has 21 heavy (non-hydrogen) atoms. The number of aliphatic hydroxyl groups is 1. The lowest BCUT2D eigenvalue weighted by Gasteiger charge is -2.29. The van der Waals surface area contributed by atoms with Gasteiger partial charge in [-0.1, -0.05) is 37.3 Å². The van der Waals surface area contributed by atoms with Crippen LogP contribution in [0.25, 0.3) is 0 Å². The van der Waals surface area contributed by atoms with Gasteiger partial charge in [0.1, 0.15) is 0 Å². The fourth-order valence-electron chi connectivity index (χ4n) is 2.21. The van der Waals surface area contributed by atoms with E-state index in [2.05, 4.69) is 22.8 Å². The first kappa shape index (κ1) is 17.5. The van der Waals surface area contributed by atoms with Crippen LogP contribution in [0.5, 0.6) is 0 Å². The molecule has 1 aromatic carbocycles. The summed E-state index contributed by atoms with van der Waals surface area (Å²) in [5, 5.41) is 15.0. The van der Waals surface area contributed by atoms with Crippen molar-refractivity contribution in [3.8, 4) is 0 Å². The predicted molar refractivity (Wildman–Crippen MR) is 86.3 cm³/mol. The molecule has 0 saturated carbocycles. The molecule has 4 heteroatoms. The van der Waals surface area contributed by atoms with E-state index in [1.807, 2.05) is 39.0 Å². The van der Waals surface area contributed by atoms with E-state index in [4.69, 9.17) is 5.11 Å². The minimum atomic E-state index is -0.349. The standard InChI is InChI=1S/C17H28N2O2/c1-4-17(3,12-13-20)19-16(21)18-14(2)10-11-15-8-6-5-7-9-15/h5-9,14,20H,4,10-13H2,1-3H3,(H2,18,19,21). The lowest BCUT2D eigenvalue weighted by atomic mass is 9.95. The summed E-state index contributed by atoms with van der Waals surface area (Å²) in [6.45, 7) is 6.05. The largest absolute Gasteiger partial charge is 0.396 e. The van der Waals surface area contributed by atoms with E-state index < -0.39 is 0 Å². The highest BCUT2D eigenvalue weighted by molar-refractivity contribution is 5.75. The van der Waals surface area contributed by atoms with Crippen molar-refractivity contribution in [2.45, 2.75) is 58.0 Å². The van der Waals surface area contributed by atoms with Gasteiger partial charge in [0.05, 0.1) is 0 Å². The zero-order chi connectivity index (χ0) is 15.7. The Morgan fingerprint density at radius 2 is 2.00 bits per heavy atom. The normalized spacial score (nSPS) is 15.0. The van der Waals surface area contributed by atoms with E-state index in [-0.39, 0.29) is 24.2 Å². The minimum Gasteiger partial charge on any atom is -0.396 e. The topological polar surface area (TPSA) is 61.4 Å². The Bertz CT molecular complexity index is 422. The number of nitrogens with one attached hydrogen (secondary N) is 2. The average molecular weight is 292 g/mol. The van der Waals surface area contributed by atoms with Gasteiger partial charge in [-0.15, -0.1) is 0 Å². The molecule has 0 saturated heterocycles. The van der Waals surface area contributed by atoms with Crippen molar-refractivity contribution in [2.75, 3.05) is 6.61 Å². The van der Waals surface area contributed by atoms with Crippen LogP contribution in [0, 0.1) is 0 Å². The van der Waals surface area contributed by atoms with Crippen LogP contribution in [0.1, 0.15) is 45.6 Å². The maximum atomic E-state index is 12.0. The summed E-state index contributed by atoms with van der Waals surface area (Å²) in [6.07, 6.45) is 3.21. The van der Waals surface area contributed by atoms with Gasteiger partial charge in [-0.25, -0.2) is 4.79 Å². The Hall–Kier alpha value is -1.55. The fraction of sp³-hybridized carbons (Fsp3) is 0.588. The third kappa shape index (κ3) is 6.63. The van der Waals surface area contributed by atoms with Crippen LogP contribution in [0.2, 0.25) is 0 Å². The van der Waals surface area contributed by atoms with Gasteiger partial charge in [-0.2, -0.15) is 0 Å². The molecule has 0 heterocycles. The summed E-state index contributed by atoms with van der Waals surface area (Å²) in [4.78, 5) is 12.0. The second-order valence-electron chi connectivity index (χ2n) is 5.91. The first-order chi connectivity index (χ1) is 9.99. The smallest absolute Gasteiger partial charge is 0.315 e. The van der Waals surface area contributed by atoms with Crippen LogP contribution >= 0.6 is 0 Å². The number of urea groups is 1. The molecule has 0 aliphatic rings. The summed E-state index contributed by atoms with van der Waals surface area (Å²) < 4.78 is 0. The highest BCUT2D eigenvalue weighted by Gasteiger charge is 2.23. The predicted octanol–water partition coefficient (Wildman–Crippen LogP) is 2.86. The van der Waals surface area contributed by atoms with Crippen LogP contribution < -0.4 is 10.6 Å². The van der Waals surface area contributed by atoms with Gasteiger partial charge < -0.3 is 15.7 Å². The van der Waals surface area contributed by atoms with Gasteiger partial charge in [-0.05, 0) is 45.1 Å². The number of carbonyl (C=O) groups is 1. The lowest BCUT2D eigenvalue weighted by molar-refractivity contribution is 0.199. The van der Waals surface area contributed by atoms with Gasteiger partial charge in [-0.3, -0.25) is 0 Å². The van der Waals surface area contributed by atoms with Crippen molar-refractivity contribution < 1.29 is 9.90 Å². The van der Waals surface area contributed by atoms with Crippen molar-refractivity contribution >= 4 is 6.03 Å². The molecular formula is C17H28N2O2. The number of rotatable bonds is 8. The maximum absolute atomic E-state index is 12.0. The fourth-order valence-corrected chi connectivity index (χ4v) is 2.21. The molecule has 0 spiro atoms. The lowest BCUT2D eigenvalue weighted by Crippen LogP contribution is -2.52. The second kappa shape index (κ2) is 8.67. The van der Waals surface area contributed by atoms with E-state index in [1.165, 1.54) is 5.56 Å². The van der Waals surface area contributed by atoms with Crippen LogP contribution in [0.4, 0.5) is 4.79 Å². The van der Waals surface area contributed by atoms with E-state index in [9.17, 15) is 4.79 Å². The SMILES string of the molecule is CCC(C)(CCO)NC(=O)NC(C)CCc1ccccc1. The average Bonchev–Trinajstić information content (AvgIpc) is 2.46. The summed E-state index contributed by atoms with van der Waals surface area (Å²) in [7, 11) is 0. The van der Waals surface area contributed by atoms with E-state index in [0.717, 1.165) is 19.3 Å². The number of carbonyl (C=O) groups excluding carboxylic acids is 1. The highest BCUT2D eigenvalue weighted by Crippen LogP contribution is 2.13. The third-order valence-electron chi connectivity index (χ3n) is 3.95. The summed E-state index contributed by atoms with van der Waals surface area (Å²) in [5.41, 5.74) is 0.933. The molecule has 2 unspecified atom stereocenters. The molecule has 2 amide bonds. The van der Waals surface area contributed by atoms with Crippen molar-refractivity contribution in [3.05, 3.63) is 35.9 Å². The molecular weight excluding hydrogens is 264 g/mol. The molecule has 0 aliphatic carbocycles. The molecule has 0 fully saturated rings. The van der Waals surface area contributed by atoms with E-state index in [1.54, 1.807) is 0 Å². The Kier molecular flexibility index (Phi) is 7.23. The maximum Gasteiger partial charge on any atom is 0.315 e. The number of aliphatic hydroxyl groups excluding tert-OH is 1. The molecule has 1 aromatic rings. The van der Waals surface area contributed by atoms with Crippen molar-refractivity contribution in [1.29, 1.82) is 0 Å². The molecule has 118 valence electrons. The molecule has 3 N–H and O–H groups in total. The Morgan fingerprint density at radius 1 is 1.33 bits per heavy atom. The monoisotopic (exact) mass is 292 g/mol. The Labute approximate surface area is 128 Å². The zero-order valence-corrected chi connectivity index (χ0v) is 13.4. The molecule has 1 rings (SSSR count). The van der Waals surface area contributed by atoms with Crippen molar-refractivity contribution in [2.24, 2.45) is 0 Å². The van der Waals surface area contributed by atoms with Crippen LogP contribution in [0.15, 0.2) is 30.3 Å². The second-order valence-corrected chi connectivity index (χ2v) is 5.91. The number of benzene rings is 1. The molecule has 0 radical (unpaired) electrons. The summed E-state index contributed by atoms with van der Waals surface area (Å²) in [6, 6.07) is 10.2. The molecule has 4 nitrogen and oxygen atoms in total. The van der Waals surface area contributed by atoms with Crippen LogP contribution in [-0.2, 0) is 6.42 Å². The number of aryl methyl sites for hydroxylation is 1. The molecule has 2 atom stereocenters. The Morgan fingerprint density at radius 3 is 2.57 bits per heavy atom. The van der Waals surface area contributed by atoms with E-state index in [0.29, 0.717) is 6.42 Å². The van der Waals surface area contributed by atoms with Crippen LogP contribution in [-0.4, -0.2) is 29.3 Å². The van der Waals surface area contributed by atoms with E-state index >= 15 is 0 Å². The molecule has 0 bridgehead atoms. The molecule has 0 aliphatic heterocycles. The minimum absolute atomic E-state index is 0.0776. The summed E-state index contributed by atoms with van der Waals surface area (Å²) in [5.74, 6) is 0. The zero-order valence-electron chi connectivity index (χ0n) is 13.4. The number of amides is 2. The number of hydrogen-bond donors (Lipinski definition) is 3. The highest BCUT2D eigenvalue weighted by atomic mass is 16.3. The third-order valence-corrected chi connectivity index (χ3v) is 3.95. The first-order valence-corrected chi connectivity index (χ1v) is 7.72. The Balaban J connectivity index is 2.36. The van der Waals surface area contributed by atoms with Gasteiger partial charge in [0.25, 0.3) is 0 Å². The van der Waals surface area contributed by atoms with Crippen molar-refractivity contribution in [3.63, 3.8) is 0 Å². The quantitative estimate of drug-likeness (QED) is 0.690. The molecule has 0 aromatic heterocycles. The van der Waals surface area contributed by atoms with Gasteiger partial charge >= 0.3 is 6.03 Å². The number of hydrogen-bond acceptors (Lipinski definition) is 2. The van der Waals surface area contributed by atoms with Gasteiger partial charge in [0.15, 0.2) is 0 Å². The van der Waals surface area contributed by atoms with Gasteiger partial charge in [0, 0.05) is 18.2 Å². The summed E-state index contributed by atoms with van der Waals surface area (Å²) >= 11 is 0. The van der Waals surface area contributed by atoms with Crippen molar-refractivity contribution in [1.82, 2.24) is 10.6 Å². The first-order valence-electron chi connectivity index (χ1n) is 7.72. The van der Waals surface area contributed by atoms with Crippen LogP contribution in [0.3, 0.4) is 0 Å². The van der Waals surface area contributed by atoms with Gasteiger partial charge in [0.2, 0.25) is 0 Å².